The smallest absolute Gasteiger partial charge is 0.276 e. The van der Waals surface area contributed by atoms with E-state index in [4.69, 9.17) is 8.94 Å². The highest BCUT2D eigenvalue weighted by Crippen LogP contribution is 2.29. The second-order valence-electron chi connectivity index (χ2n) is 6.31. The molecule has 1 fully saturated rings. The molecule has 2 aromatic heterocycles. The van der Waals surface area contributed by atoms with Crippen molar-refractivity contribution in [2.24, 2.45) is 0 Å². The minimum Gasteiger partial charge on any atom is -0.443 e. The van der Waals surface area contributed by atoms with Crippen molar-refractivity contribution in [1.82, 2.24) is 20.0 Å². The molecule has 0 bridgehead atoms. The van der Waals surface area contributed by atoms with Gasteiger partial charge >= 0.3 is 0 Å². The lowest BCUT2D eigenvalue weighted by Crippen LogP contribution is -2.29. The normalized spacial score (nSPS) is 17.2. The van der Waals surface area contributed by atoms with E-state index in [2.05, 4.69) is 15.1 Å². The Morgan fingerprint density at radius 3 is 2.76 bits per heavy atom. The summed E-state index contributed by atoms with van der Waals surface area (Å²) in [5, 5.41) is 3.82. The molecule has 0 aliphatic carbocycles. The number of likely N-dealkylation sites (tertiary alicyclic amines) is 1. The van der Waals surface area contributed by atoms with Gasteiger partial charge in [0, 0.05) is 18.7 Å². The van der Waals surface area contributed by atoms with Crippen LogP contribution in [0, 0.1) is 13.8 Å². The standard InChI is InChI=1S/C18H18N4O3/c1-11-3-5-13(6-4-11)16-15(19-10-24-16)18(23)22-8-7-14(9-22)17-20-12(2)21-25-17/h3-6,10,14H,7-9H2,1-2H3. The van der Waals surface area contributed by atoms with Crippen molar-refractivity contribution in [3.63, 3.8) is 0 Å². The maximum absolute atomic E-state index is 12.9. The van der Waals surface area contributed by atoms with Gasteiger partial charge in [0.25, 0.3) is 5.91 Å². The molecule has 1 saturated heterocycles. The fourth-order valence-electron chi connectivity index (χ4n) is 3.08. The quantitative estimate of drug-likeness (QED) is 0.730. The number of aromatic nitrogens is 3. The summed E-state index contributed by atoms with van der Waals surface area (Å²) < 4.78 is 10.7. The molecule has 7 nitrogen and oxygen atoms in total. The van der Waals surface area contributed by atoms with Crippen molar-refractivity contribution in [3.8, 4) is 11.3 Å². The van der Waals surface area contributed by atoms with Gasteiger partial charge in [0.05, 0.1) is 5.92 Å². The molecule has 0 radical (unpaired) electrons. The minimum atomic E-state index is -0.136. The highest BCUT2D eigenvalue weighted by Gasteiger charge is 2.33. The molecule has 0 N–H and O–H groups in total. The average molecular weight is 338 g/mol. The maximum Gasteiger partial charge on any atom is 0.276 e. The largest absolute Gasteiger partial charge is 0.443 e. The first-order valence-electron chi connectivity index (χ1n) is 8.22. The van der Waals surface area contributed by atoms with Gasteiger partial charge in [0.2, 0.25) is 5.89 Å². The highest BCUT2D eigenvalue weighted by molar-refractivity contribution is 5.97. The van der Waals surface area contributed by atoms with E-state index in [0.717, 1.165) is 17.5 Å². The predicted octanol–water partition coefficient (Wildman–Crippen LogP) is 2.97. The predicted molar refractivity (Wildman–Crippen MR) is 89.0 cm³/mol. The van der Waals surface area contributed by atoms with Crippen LogP contribution < -0.4 is 0 Å². The Morgan fingerprint density at radius 2 is 2.04 bits per heavy atom. The Morgan fingerprint density at radius 1 is 1.24 bits per heavy atom. The zero-order valence-electron chi connectivity index (χ0n) is 14.1. The van der Waals surface area contributed by atoms with E-state index in [-0.39, 0.29) is 11.8 Å². The number of carbonyl (C=O) groups is 1. The number of oxazole rings is 1. The van der Waals surface area contributed by atoms with Crippen molar-refractivity contribution in [1.29, 1.82) is 0 Å². The Balaban J connectivity index is 1.54. The number of nitrogens with zero attached hydrogens (tertiary/aromatic N) is 4. The molecule has 1 aliphatic rings. The van der Waals surface area contributed by atoms with Crippen LogP contribution in [0.5, 0.6) is 0 Å². The van der Waals surface area contributed by atoms with Gasteiger partial charge in [-0.25, -0.2) is 4.98 Å². The molecule has 1 unspecified atom stereocenters. The third kappa shape index (κ3) is 2.93. The Kier molecular flexibility index (Phi) is 3.83. The van der Waals surface area contributed by atoms with Gasteiger partial charge in [-0.15, -0.1) is 0 Å². The first-order chi connectivity index (χ1) is 12.1. The number of carbonyl (C=O) groups excluding carboxylic acids is 1. The van der Waals surface area contributed by atoms with E-state index >= 15 is 0 Å². The first-order valence-corrected chi connectivity index (χ1v) is 8.22. The Hall–Kier alpha value is -2.96. The zero-order valence-corrected chi connectivity index (χ0v) is 14.1. The van der Waals surface area contributed by atoms with E-state index in [1.165, 1.54) is 6.39 Å². The summed E-state index contributed by atoms with van der Waals surface area (Å²) in [5.41, 5.74) is 2.33. The zero-order chi connectivity index (χ0) is 17.4. The highest BCUT2D eigenvalue weighted by atomic mass is 16.5. The van der Waals surface area contributed by atoms with Gasteiger partial charge in [-0.3, -0.25) is 4.79 Å². The monoisotopic (exact) mass is 338 g/mol. The van der Waals surface area contributed by atoms with Crippen LogP contribution in [0.4, 0.5) is 0 Å². The third-order valence-electron chi connectivity index (χ3n) is 4.45. The molecule has 4 rings (SSSR count). The molecule has 7 heteroatoms. The Labute approximate surface area is 144 Å². The molecule has 1 amide bonds. The van der Waals surface area contributed by atoms with Crippen LogP contribution in [0.15, 0.2) is 39.6 Å². The van der Waals surface area contributed by atoms with E-state index < -0.39 is 0 Å². The van der Waals surface area contributed by atoms with Crippen LogP contribution in [-0.2, 0) is 0 Å². The number of hydrogen-bond acceptors (Lipinski definition) is 6. The molecule has 1 atom stereocenters. The molecule has 1 aromatic carbocycles. The lowest BCUT2D eigenvalue weighted by molar-refractivity contribution is 0.0785. The topological polar surface area (TPSA) is 85.3 Å². The molecule has 3 heterocycles. The van der Waals surface area contributed by atoms with Crippen molar-refractivity contribution in [3.05, 3.63) is 53.6 Å². The van der Waals surface area contributed by atoms with Crippen LogP contribution in [0.1, 0.15) is 40.1 Å². The molecule has 0 spiro atoms. The fraction of sp³-hybridized carbons (Fsp3) is 0.333. The molecular weight excluding hydrogens is 320 g/mol. The Bertz CT molecular complexity index is 897. The molecule has 0 saturated carbocycles. The number of amides is 1. The van der Waals surface area contributed by atoms with Gasteiger partial charge in [-0.1, -0.05) is 35.0 Å². The summed E-state index contributed by atoms with van der Waals surface area (Å²) in [6.07, 6.45) is 2.11. The maximum atomic E-state index is 12.9. The van der Waals surface area contributed by atoms with Crippen LogP contribution in [0.2, 0.25) is 0 Å². The summed E-state index contributed by atoms with van der Waals surface area (Å²) in [6.45, 7) is 4.97. The van der Waals surface area contributed by atoms with Crippen molar-refractivity contribution >= 4 is 5.91 Å². The molecule has 3 aromatic rings. The fourth-order valence-corrected chi connectivity index (χ4v) is 3.08. The lowest BCUT2D eigenvalue weighted by atomic mass is 10.1. The molecule has 25 heavy (non-hydrogen) atoms. The van der Waals surface area contributed by atoms with E-state index in [1.54, 1.807) is 11.8 Å². The average Bonchev–Trinajstić information content (AvgIpc) is 3.35. The van der Waals surface area contributed by atoms with Crippen molar-refractivity contribution < 1.29 is 13.7 Å². The SMILES string of the molecule is Cc1ccc(-c2ocnc2C(=O)N2CCC(c3nc(C)no3)C2)cc1. The second-order valence-corrected chi connectivity index (χ2v) is 6.31. The summed E-state index contributed by atoms with van der Waals surface area (Å²) in [4.78, 5) is 23.1. The van der Waals surface area contributed by atoms with Gasteiger partial charge in [0.1, 0.15) is 0 Å². The summed E-state index contributed by atoms with van der Waals surface area (Å²) >= 11 is 0. The van der Waals surface area contributed by atoms with Crippen LogP contribution >= 0.6 is 0 Å². The van der Waals surface area contributed by atoms with E-state index in [9.17, 15) is 4.79 Å². The van der Waals surface area contributed by atoms with Crippen LogP contribution in [-0.4, -0.2) is 39.0 Å². The van der Waals surface area contributed by atoms with Crippen LogP contribution in [0.3, 0.4) is 0 Å². The van der Waals surface area contributed by atoms with E-state index in [0.29, 0.717) is 36.3 Å². The molecule has 128 valence electrons. The second kappa shape index (κ2) is 6.16. The van der Waals surface area contributed by atoms with Gasteiger partial charge in [-0.2, -0.15) is 4.98 Å². The van der Waals surface area contributed by atoms with Gasteiger partial charge in [0.15, 0.2) is 23.7 Å². The third-order valence-corrected chi connectivity index (χ3v) is 4.45. The van der Waals surface area contributed by atoms with Gasteiger partial charge < -0.3 is 13.8 Å². The van der Waals surface area contributed by atoms with Crippen LogP contribution in [0.25, 0.3) is 11.3 Å². The number of aryl methyl sites for hydroxylation is 2. The first kappa shape index (κ1) is 15.6. The number of hydrogen-bond donors (Lipinski definition) is 0. The summed E-state index contributed by atoms with van der Waals surface area (Å²) in [5.74, 6) is 1.63. The lowest BCUT2D eigenvalue weighted by Gasteiger charge is -2.14. The van der Waals surface area contributed by atoms with Gasteiger partial charge in [-0.05, 0) is 20.3 Å². The minimum absolute atomic E-state index is 0.0693. The summed E-state index contributed by atoms with van der Waals surface area (Å²) in [6, 6.07) is 7.83. The van der Waals surface area contributed by atoms with Crippen molar-refractivity contribution in [2.75, 3.05) is 13.1 Å². The summed E-state index contributed by atoms with van der Waals surface area (Å²) in [7, 11) is 0. The molecular formula is C18H18N4O3. The number of benzene rings is 1. The molecule has 1 aliphatic heterocycles. The number of rotatable bonds is 3. The van der Waals surface area contributed by atoms with Crippen molar-refractivity contribution in [2.45, 2.75) is 26.2 Å². The van der Waals surface area contributed by atoms with E-state index in [1.807, 2.05) is 31.2 Å².